The summed E-state index contributed by atoms with van der Waals surface area (Å²) in [7, 11) is 3.18. The van der Waals surface area contributed by atoms with Gasteiger partial charge in [-0.15, -0.1) is 0 Å². The quantitative estimate of drug-likeness (QED) is 0.0741. The van der Waals surface area contributed by atoms with Gasteiger partial charge in [0, 0.05) is 42.7 Å². The predicted molar refractivity (Wildman–Crippen MR) is 272 cm³/mol. The molecule has 0 saturated carbocycles. The van der Waals surface area contributed by atoms with E-state index in [2.05, 4.69) is 42.5 Å². The second-order valence-electron chi connectivity index (χ2n) is 20.0. The molecule has 3 aromatic carbocycles. The van der Waals surface area contributed by atoms with Crippen LogP contribution in [0.1, 0.15) is 118 Å². The van der Waals surface area contributed by atoms with Crippen LogP contribution in [0.15, 0.2) is 84.9 Å². The lowest BCUT2D eigenvalue weighted by atomic mass is 9.85. The van der Waals surface area contributed by atoms with Gasteiger partial charge in [-0.3, -0.25) is 43.2 Å². The number of carbonyl (C=O) groups is 9. The molecule has 2 aliphatic rings. The van der Waals surface area contributed by atoms with Gasteiger partial charge in [0.2, 0.25) is 35.4 Å². The third-order valence-electron chi connectivity index (χ3n) is 13.5. The Morgan fingerprint density at radius 3 is 1.42 bits per heavy atom. The fraction of sp³-hybridized carbons (Fsp3) is 0.491. The molecule has 0 radical (unpaired) electrons. The first-order valence-corrected chi connectivity index (χ1v) is 24.7. The molecule has 2 aliphatic heterocycles. The normalized spacial score (nSPS) is 20.0. The summed E-state index contributed by atoms with van der Waals surface area (Å²) in [5.74, 6) is -5.49. The van der Waals surface area contributed by atoms with Crippen LogP contribution in [-0.4, -0.2) is 144 Å². The van der Waals surface area contributed by atoms with E-state index in [9.17, 15) is 48.3 Å². The van der Waals surface area contributed by atoms with Crippen LogP contribution in [0, 0.1) is 5.41 Å². The van der Waals surface area contributed by atoms with Crippen molar-refractivity contribution in [2.24, 2.45) is 5.41 Å². The molecular formula is C53H72N10O10. The second-order valence-corrected chi connectivity index (χ2v) is 20.0. The van der Waals surface area contributed by atoms with Crippen LogP contribution in [0.5, 0.6) is 0 Å². The van der Waals surface area contributed by atoms with Gasteiger partial charge in [-0.1, -0.05) is 87.5 Å². The van der Waals surface area contributed by atoms with Crippen molar-refractivity contribution in [2.75, 3.05) is 27.2 Å². The molecule has 5 rings (SSSR count). The zero-order valence-corrected chi connectivity index (χ0v) is 43.1. The van der Waals surface area contributed by atoms with E-state index in [1.54, 1.807) is 34.9 Å². The Labute approximate surface area is 426 Å². The third kappa shape index (κ3) is 15.2. The molecule has 394 valence electrons. The van der Waals surface area contributed by atoms with Crippen molar-refractivity contribution in [3.63, 3.8) is 0 Å². The minimum atomic E-state index is -1.30. The van der Waals surface area contributed by atoms with Crippen molar-refractivity contribution >= 4 is 53.2 Å². The zero-order chi connectivity index (χ0) is 53.7. The van der Waals surface area contributed by atoms with E-state index in [1.165, 1.54) is 34.1 Å². The SMILES string of the molecule is CN[C@@H](C)C(=O)N[C@@H](CCC(=O)O)C(=O)N1C[C@@H](NC(=O)c2cccc(C(=O)N[C@H]3C[C@@H](C(=O)N[C@H](C)c4ccccc4)N(C(=O)[C@@H](NC(=O)[C@H](C)NC)C(C)(C)C)C3)c2)CC1C(=O)N[C@H](C)c1ccccc1. The summed E-state index contributed by atoms with van der Waals surface area (Å²) >= 11 is 0. The summed E-state index contributed by atoms with van der Waals surface area (Å²) in [4.78, 5) is 125. The summed E-state index contributed by atoms with van der Waals surface area (Å²) in [6.07, 6.45) is -0.676. The van der Waals surface area contributed by atoms with E-state index in [1.807, 2.05) is 88.4 Å². The Kier molecular flexibility index (Phi) is 19.8. The second kappa shape index (κ2) is 25.5. The number of likely N-dealkylation sites (N-methyl/N-ethyl adjacent to an activating group) is 2. The van der Waals surface area contributed by atoms with Crippen molar-refractivity contribution in [2.45, 2.75) is 135 Å². The van der Waals surface area contributed by atoms with E-state index in [4.69, 9.17) is 0 Å². The molecule has 0 spiro atoms. The van der Waals surface area contributed by atoms with Gasteiger partial charge in [-0.25, -0.2) is 0 Å². The molecule has 73 heavy (non-hydrogen) atoms. The number of aliphatic carboxylic acids is 1. The van der Waals surface area contributed by atoms with Crippen LogP contribution >= 0.6 is 0 Å². The van der Waals surface area contributed by atoms with E-state index < -0.39 is 125 Å². The highest BCUT2D eigenvalue weighted by atomic mass is 16.4. The predicted octanol–water partition coefficient (Wildman–Crippen LogP) is 1.94. The maximum atomic E-state index is 14.5. The Balaban J connectivity index is 1.35. The van der Waals surface area contributed by atoms with Crippen LogP contribution in [0.2, 0.25) is 0 Å². The lowest BCUT2D eigenvalue weighted by Crippen LogP contribution is -2.59. The minimum Gasteiger partial charge on any atom is -0.481 e. The van der Waals surface area contributed by atoms with Gasteiger partial charge in [0.15, 0.2) is 0 Å². The molecular weight excluding hydrogens is 937 g/mol. The fourth-order valence-electron chi connectivity index (χ4n) is 8.84. The summed E-state index contributed by atoms with van der Waals surface area (Å²) in [5, 5.41) is 32.5. The number of likely N-dealkylation sites (tertiary alicyclic amines) is 2. The molecule has 10 atom stereocenters. The molecule has 3 aromatic rings. The van der Waals surface area contributed by atoms with Gasteiger partial charge in [-0.2, -0.15) is 0 Å². The van der Waals surface area contributed by atoms with Crippen molar-refractivity contribution in [3.8, 4) is 0 Å². The molecule has 0 aromatic heterocycles. The number of nitrogens with zero attached hydrogens (tertiary/aromatic N) is 2. The molecule has 8 amide bonds. The Morgan fingerprint density at radius 2 is 1.01 bits per heavy atom. The van der Waals surface area contributed by atoms with Crippen molar-refractivity contribution < 1.29 is 48.3 Å². The highest BCUT2D eigenvalue weighted by molar-refractivity contribution is 6.01. The standard InChI is InChI=1S/C53H72N10O10/c1-30(34-17-12-10-13-18-34)56-49(70)41-26-38(28-62(41)51(72)40(23-24-43(64)65)60-45(66)32(3)54-8)58-47(68)36-21-16-22-37(25-36)48(69)59-39-27-42(50(71)57-31(2)35-19-14-11-15-20-35)63(29-39)52(73)44(53(5,6)7)61-46(67)33(4)55-9/h10-22,25,30-33,38-42,44,54-55H,23-24,26-29H2,1-9H3,(H,56,70)(H,57,71)(H,58,68)(H,59,69)(H,60,66)(H,61,67)(H,64,65)/t30-,31-,32+,33+,38+,39+,40+,41?,42+,44-/m1/s1. The number of amides is 8. The number of carboxylic acids is 1. The molecule has 1 unspecified atom stereocenters. The lowest BCUT2D eigenvalue weighted by Gasteiger charge is -2.36. The molecule has 20 nitrogen and oxygen atoms in total. The molecule has 2 saturated heterocycles. The smallest absolute Gasteiger partial charge is 0.303 e. The van der Waals surface area contributed by atoms with Gasteiger partial charge in [0.05, 0.1) is 24.2 Å². The summed E-state index contributed by atoms with van der Waals surface area (Å²) in [5.41, 5.74) is 1.06. The van der Waals surface area contributed by atoms with Crippen molar-refractivity contribution in [3.05, 3.63) is 107 Å². The summed E-state index contributed by atoms with van der Waals surface area (Å²) in [6.45, 7) is 12.1. The van der Waals surface area contributed by atoms with Crippen LogP contribution in [0.25, 0.3) is 0 Å². The highest BCUT2D eigenvalue weighted by Gasteiger charge is 2.46. The Morgan fingerprint density at radius 1 is 0.589 bits per heavy atom. The molecule has 0 aliphatic carbocycles. The minimum absolute atomic E-state index is 0.0262. The van der Waals surface area contributed by atoms with E-state index in [0.717, 1.165) is 11.1 Å². The van der Waals surface area contributed by atoms with Crippen LogP contribution in [0.4, 0.5) is 0 Å². The number of hydrogen-bond acceptors (Lipinski definition) is 11. The zero-order valence-electron chi connectivity index (χ0n) is 43.1. The van der Waals surface area contributed by atoms with Crippen molar-refractivity contribution in [1.82, 2.24) is 52.3 Å². The largest absolute Gasteiger partial charge is 0.481 e. The topological polar surface area (TPSA) is 277 Å². The molecule has 0 bridgehead atoms. The molecule has 2 fully saturated rings. The summed E-state index contributed by atoms with van der Waals surface area (Å²) < 4.78 is 0. The monoisotopic (exact) mass is 1010 g/mol. The fourth-order valence-corrected chi connectivity index (χ4v) is 8.84. The van der Waals surface area contributed by atoms with E-state index in [-0.39, 0.29) is 43.5 Å². The van der Waals surface area contributed by atoms with Crippen molar-refractivity contribution in [1.29, 1.82) is 0 Å². The van der Waals surface area contributed by atoms with E-state index >= 15 is 0 Å². The Hall–Kier alpha value is -7.19. The summed E-state index contributed by atoms with van der Waals surface area (Å²) in [6, 6.07) is 16.2. The van der Waals surface area contributed by atoms with Gasteiger partial charge in [0.25, 0.3) is 11.8 Å². The average Bonchev–Trinajstić information content (AvgIpc) is 4.00. The van der Waals surface area contributed by atoms with Gasteiger partial charge < -0.3 is 57.4 Å². The molecule has 9 N–H and O–H groups in total. The molecule has 20 heteroatoms. The third-order valence-corrected chi connectivity index (χ3v) is 13.5. The van der Waals surface area contributed by atoms with E-state index in [0.29, 0.717) is 0 Å². The number of rotatable bonds is 21. The first-order chi connectivity index (χ1) is 34.5. The number of carboxylic acid groups (broad SMARTS) is 1. The maximum absolute atomic E-state index is 14.5. The number of carbonyl (C=O) groups excluding carboxylic acids is 8. The molecule has 2 heterocycles. The number of benzene rings is 3. The van der Waals surface area contributed by atoms with Gasteiger partial charge in [0.1, 0.15) is 24.2 Å². The Bertz CT molecular complexity index is 2470. The van der Waals surface area contributed by atoms with Gasteiger partial charge >= 0.3 is 5.97 Å². The van der Waals surface area contributed by atoms with Crippen LogP contribution in [-0.2, 0) is 33.6 Å². The maximum Gasteiger partial charge on any atom is 0.303 e. The van der Waals surface area contributed by atoms with Gasteiger partial charge in [-0.05, 0) is 95.8 Å². The number of hydrogen-bond donors (Lipinski definition) is 9. The van der Waals surface area contributed by atoms with Crippen LogP contribution < -0.4 is 42.5 Å². The first-order valence-electron chi connectivity index (χ1n) is 24.7. The average molecular weight is 1010 g/mol. The highest BCUT2D eigenvalue weighted by Crippen LogP contribution is 2.28. The first kappa shape index (κ1) is 56.7. The number of nitrogens with one attached hydrogen (secondary N) is 8. The lowest BCUT2D eigenvalue weighted by molar-refractivity contribution is -0.144. The van der Waals surface area contributed by atoms with Crippen LogP contribution in [0.3, 0.4) is 0 Å².